The Morgan fingerprint density at radius 3 is 2.29 bits per heavy atom. The molecule has 3 aliphatic rings. The number of carbonyl (C=O) groups is 1. The molecule has 0 amide bonds. The summed E-state index contributed by atoms with van der Waals surface area (Å²) in [6.07, 6.45) is 13.4. The maximum Gasteiger partial charge on any atom is 0.192 e. The molecule has 0 radical (unpaired) electrons. The van der Waals surface area contributed by atoms with E-state index in [0.29, 0.717) is 35.1 Å². The summed E-state index contributed by atoms with van der Waals surface area (Å²) in [5.74, 6) is 2.05. The van der Waals surface area contributed by atoms with Crippen molar-refractivity contribution < 1.29 is 9.22 Å². The molecule has 0 aromatic carbocycles. The fourth-order valence-corrected chi connectivity index (χ4v) is 9.64. The van der Waals surface area contributed by atoms with Gasteiger partial charge in [0.2, 0.25) is 0 Å². The van der Waals surface area contributed by atoms with Crippen LogP contribution in [0.2, 0.25) is 18.1 Å². The van der Waals surface area contributed by atoms with E-state index in [2.05, 4.69) is 47.6 Å². The lowest BCUT2D eigenvalue weighted by molar-refractivity contribution is -0.115. The molecular weight excluding hydrogens is 360 g/mol. The zero-order valence-corrected chi connectivity index (χ0v) is 20.4. The van der Waals surface area contributed by atoms with Crippen LogP contribution >= 0.6 is 0 Å². The Kier molecular flexibility index (Phi) is 6.66. The first-order valence-electron chi connectivity index (χ1n) is 12.1. The van der Waals surface area contributed by atoms with Gasteiger partial charge in [-0.25, -0.2) is 0 Å². The molecule has 0 N–H and O–H groups in total. The molecule has 28 heavy (non-hydrogen) atoms. The van der Waals surface area contributed by atoms with Gasteiger partial charge in [0.1, 0.15) is 0 Å². The van der Waals surface area contributed by atoms with Gasteiger partial charge >= 0.3 is 0 Å². The third kappa shape index (κ3) is 4.21. The average Bonchev–Trinajstić information content (AvgIpc) is 3.46. The van der Waals surface area contributed by atoms with Crippen molar-refractivity contribution in [1.82, 2.24) is 0 Å². The maximum atomic E-state index is 12.2. The highest BCUT2D eigenvalue weighted by Gasteiger charge is 2.56. The van der Waals surface area contributed by atoms with Gasteiger partial charge in [-0.05, 0) is 85.4 Å². The first-order chi connectivity index (χ1) is 13.2. The summed E-state index contributed by atoms with van der Waals surface area (Å²) < 4.78 is 7.07. The lowest BCUT2D eigenvalue weighted by Crippen LogP contribution is -2.49. The van der Waals surface area contributed by atoms with Crippen LogP contribution in [0.25, 0.3) is 0 Å². The van der Waals surface area contributed by atoms with Gasteiger partial charge in [-0.15, -0.1) is 0 Å². The van der Waals surface area contributed by atoms with Crippen molar-refractivity contribution >= 4 is 14.1 Å². The van der Waals surface area contributed by atoms with Crippen LogP contribution in [0.3, 0.4) is 0 Å². The van der Waals surface area contributed by atoms with E-state index in [1.54, 1.807) is 0 Å². The molecule has 3 saturated carbocycles. The summed E-state index contributed by atoms with van der Waals surface area (Å²) in [6.45, 7) is 14.3. The van der Waals surface area contributed by atoms with Crippen LogP contribution in [-0.2, 0) is 9.22 Å². The van der Waals surface area contributed by atoms with Crippen molar-refractivity contribution in [2.45, 2.75) is 111 Å². The minimum absolute atomic E-state index is 0.0880. The van der Waals surface area contributed by atoms with Gasteiger partial charge < -0.3 is 4.43 Å². The Labute approximate surface area is 175 Å². The van der Waals surface area contributed by atoms with Crippen molar-refractivity contribution in [2.24, 2.45) is 28.6 Å². The van der Waals surface area contributed by atoms with Crippen LogP contribution in [0.5, 0.6) is 0 Å². The van der Waals surface area contributed by atoms with E-state index in [-0.39, 0.29) is 5.41 Å². The van der Waals surface area contributed by atoms with Crippen molar-refractivity contribution in [3.8, 4) is 0 Å². The summed E-state index contributed by atoms with van der Waals surface area (Å²) >= 11 is 0. The van der Waals surface area contributed by atoms with E-state index in [4.69, 9.17) is 4.43 Å². The normalized spacial score (nSPS) is 34.0. The predicted octanol–water partition coefficient (Wildman–Crippen LogP) is 7.15. The number of hydrogen-bond acceptors (Lipinski definition) is 2. The van der Waals surface area contributed by atoms with Crippen molar-refractivity contribution in [3.63, 3.8) is 0 Å². The van der Waals surface area contributed by atoms with Crippen LogP contribution < -0.4 is 0 Å². The van der Waals surface area contributed by atoms with Crippen LogP contribution in [0.15, 0.2) is 12.2 Å². The summed E-state index contributed by atoms with van der Waals surface area (Å²) in [4.78, 5) is 12.2. The smallest absolute Gasteiger partial charge is 0.192 e. The minimum atomic E-state index is -1.56. The molecule has 4 atom stereocenters. The molecule has 1 unspecified atom stereocenters. The first-order valence-corrected chi connectivity index (χ1v) is 14.6. The topological polar surface area (TPSA) is 26.3 Å². The van der Waals surface area contributed by atoms with E-state index >= 15 is 0 Å². The van der Waals surface area contributed by atoms with E-state index in [0.717, 1.165) is 12.8 Å². The Bertz CT molecular complexity index is 579. The maximum absolute atomic E-state index is 12.2. The molecular formula is C25H44O2Si. The molecule has 0 heterocycles. The van der Waals surface area contributed by atoms with Crippen LogP contribution in [0.4, 0.5) is 0 Å². The Morgan fingerprint density at radius 1 is 1.07 bits per heavy atom. The minimum Gasteiger partial charge on any atom is -0.414 e. The molecule has 0 bridgehead atoms. The molecule has 160 valence electrons. The zero-order valence-electron chi connectivity index (χ0n) is 19.4. The van der Waals surface area contributed by atoms with Crippen LogP contribution in [0, 0.1) is 28.6 Å². The highest BCUT2D eigenvalue weighted by atomic mass is 28.4. The van der Waals surface area contributed by atoms with Crippen molar-refractivity contribution in [3.05, 3.63) is 12.2 Å². The van der Waals surface area contributed by atoms with Gasteiger partial charge in [0.25, 0.3) is 0 Å². The largest absolute Gasteiger partial charge is 0.414 e. The number of rotatable bonds is 9. The molecule has 0 saturated heterocycles. The molecule has 3 heteroatoms. The van der Waals surface area contributed by atoms with E-state index in [1.165, 1.54) is 50.2 Å². The quantitative estimate of drug-likeness (QED) is 0.301. The zero-order chi connectivity index (χ0) is 20.6. The summed E-state index contributed by atoms with van der Waals surface area (Å²) in [5.41, 5.74) is 0.444. The SMILES string of the molecule is CC[Si](CC)(CC)O[C@H]1CCC[C@]2(C)C(C(C)(C)/C=C/C(=O)C3CC3)CC[C@@H]12. The molecule has 2 nitrogen and oxygen atoms in total. The first kappa shape index (κ1) is 22.3. The van der Waals surface area contributed by atoms with E-state index in [1.807, 2.05) is 6.08 Å². The molecule has 3 fully saturated rings. The molecule has 0 aromatic heterocycles. The third-order valence-electron chi connectivity index (χ3n) is 8.95. The van der Waals surface area contributed by atoms with Gasteiger partial charge in [-0.3, -0.25) is 4.79 Å². The summed E-state index contributed by atoms with van der Waals surface area (Å²) in [6, 6.07) is 3.75. The van der Waals surface area contributed by atoms with E-state index in [9.17, 15) is 4.79 Å². The standard InChI is InChI=1S/C25H44O2Si/c1-7-28(8-2,9-3)27-22-11-10-17-25(6)20(22)14-15-23(25)24(4,5)18-16-21(26)19-12-13-19/h16,18-20,22-23H,7-15,17H2,1-6H3/b18-16+/t20-,22-,23?,25-/m0/s1. The summed E-state index contributed by atoms with van der Waals surface area (Å²) in [7, 11) is -1.56. The second kappa shape index (κ2) is 8.38. The predicted molar refractivity (Wildman–Crippen MR) is 121 cm³/mol. The second-order valence-corrected chi connectivity index (χ2v) is 15.6. The highest BCUT2D eigenvalue weighted by Crippen LogP contribution is 2.61. The fourth-order valence-electron chi connectivity index (χ4n) is 6.72. The number of carbonyl (C=O) groups excluding carboxylic acids is 1. The number of allylic oxidation sites excluding steroid dienone is 2. The fraction of sp³-hybridized carbons (Fsp3) is 0.880. The molecule has 3 aliphatic carbocycles. The lowest BCUT2D eigenvalue weighted by Gasteiger charge is -2.50. The van der Waals surface area contributed by atoms with Crippen molar-refractivity contribution in [1.29, 1.82) is 0 Å². The molecule has 3 rings (SSSR count). The second-order valence-electron chi connectivity index (χ2n) is 10.9. The summed E-state index contributed by atoms with van der Waals surface area (Å²) in [5, 5.41) is 0. The molecule has 0 aliphatic heterocycles. The third-order valence-corrected chi connectivity index (χ3v) is 13.6. The van der Waals surface area contributed by atoms with E-state index < -0.39 is 8.32 Å². The number of hydrogen-bond donors (Lipinski definition) is 0. The van der Waals surface area contributed by atoms with Crippen molar-refractivity contribution in [2.75, 3.05) is 0 Å². The van der Waals surface area contributed by atoms with Crippen LogP contribution in [0.1, 0.15) is 86.5 Å². The van der Waals surface area contributed by atoms with Gasteiger partial charge in [0.15, 0.2) is 14.1 Å². The molecule has 0 aromatic rings. The lowest BCUT2D eigenvalue weighted by atomic mass is 9.58. The Hall–Kier alpha value is -0.413. The number of ketones is 1. The Morgan fingerprint density at radius 2 is 1.71 bits per heavy atom. The average molecular weight is 405 g/mol. The van der Waals surface area contributed by atoms with Gasteiger partial charge in [0, 0.05) is 12.0 Å². The van der Waals surface area contributed by atoms with Crippen LogP contribution in [-0.4, -0.2) is 20.2 Å². The highest BCUT2D eigenvalue weighted by molar-refractivity contribution is 6.73. The number of fused-ring (bicyclic) bond motifs is 1. The molecule has 0 spiro atoms. The van der Waals surface area contributed by atoms with Gasteiger partial charge in [-0.2, -0.15) is 0 Å². The van der Waals surface area contributed by atoms with Gasteiger partial charge in [-0.1, -0.05) is 54.0 Å². The van der Waals surface area contributed by atoms with Gasteiger partial charge in [0.05, 0.1) is 0 Å². The monoisotopic (exact) mass is 404 g/mol. The Balaban J connectivity index is 1.76.